The number of hydrogen-bond donors (Lipinski definition) is 1. The summed E-state index contributed by atoms with van der Waals surface area (Å²) in [5.74, 6) is 0.662. The molecule has 2 aliphatic heterocycles. The maximum Gasteiger partial charge on any atom is 0.317 e. The van der Waals surface area contributed by atoms with Gasteiger partial charge in [0.05, 0.1) is 12.3 Å². The van der Waals surface area contributed by atoms with E-state index in [1.807, 2.05) is 23.1 Å². The van der Waals surface area contributed by atoms with E-state index < -0.39 is 10.0 Å². The maximum atomic E-state index is 12.4. The van der Waals surface area contributed by atoms with Crippen molar-refractivity contribution in [1.82, 2.24) is 14.5 Å². The number of amides is 2. The molecule has 0 bridgehead atoms. The van der Waals surface area contributed by atoms with Crippen LogP contribution in [-0.4, -0.2) is 56.1 Å². The summed E-state index contributed by atoms with van der Waals surface area (Å²) in [6.45, 7) is 4.43. The number of carbonyl (C=O) groups excluding carboxylic acids is 1. The summed E-state index contributed by atoms with van der Waals surface area (Å²) in [5.41, 5.74) is 1.16. The number of sulfonamides is 1. The van der Waals surface area contributed by atoms with E-state index in [0.717, 1.165) is 12.1 Å². The normalized spacial score (nSPS) is 25.6. The van der Waals surface area contributed by atoms with Gasteiger partial charge in [-0.2, -0.15) is 0 Å². The molecular formula is C16H23N3O3S. The van der Waals surface area contributed by atoms with Crippen LogP contribution in [0.15, 0.2) is 30.3 Å². The molecule has 1 aromatic carbocycles. The summed E-state index contributed by atoms with van der Waals surface area (Å²) >= 11 is 0. The highest BCUT2D eigenvalue weighted by Crippen LogP contribution is 2.38. The quantitative estimate of drug-likeness (QED) is 0.900. The molecule has 1 aromatic rings. The molecule has 2 fully saturated rings. The zero-order valence-corrected chi connectivity index (χ0v) is 14.3. The van der Waals surface area contributed by atoms with E-state index in [1.54, 1.807) is 0 Å². The van der Waals surface area contributed by atoms with Gasteiger partial charge in [0.2, 0.25) is 10.0 Å². The summed E-state index contributed by atoms with van der Waals surface area (Å²) in [5, 5.41) is 2.94. The van der Waals surface area contributed by atoms with E-state index >= 15 is 0 Å². The summed E-state index contributed by atoms with van der Waals surface area (Å²) in [6.07, 6.45) is 1.22. The third-order valence-electron chi connectivity index (χ3n) is 4.70. The Balaban J connectivity index is 1.50. The van der Waals surface area contributed by atoms with Crippen molar-refractivity contribution >= 4 is 16.1 Å². The molecule has 23 heavy (non-hydrogen) atoms. The van der Waals surface area contributed by atoms with Crippen LogP contribution in [0.25, 0.3) is 0 Å². The summed E-state index contributed by atoms with van der Waals surface area (Å²) in [7, 11) is -3.09. The van der Waals surface area contributed by atoms with Crippen molar-refractivity contribution in [3.8, 4) is 0 Å². The predicted molar refractivity (Wildman–Crippen MR) is 88.4 cm³/mol. The second kappa shape index (κ2) is 6.13. The van der Waals surface area contributed by atoms with Crippen molar-refractivity contribution in [1.29, 1.82) is 0 Å². The number of urea groups is 1. The number of hydrogen-bond acceptors (Lipinski definition) is 3. The van der Waals surface area contributed by atoms with Gasteiger partial charge in [-0.3, -0.25) is 0 Å². The van der Waals surface area contributed by atoms with Gasteiger partial charge in [0.25, 0.3) is 0 Å². The van der Waals surface area contributed by atoms with Crippen LogP contribution in [-0.2, 0) is 10.0 Å². The second-order valence-electron chi connectivity index (χ2n) is 6.62. The highest BCUT2D eigenvalue weighted by atomic mass is 32.2. The molecule has 0 spiro atoms. The third-order valence-corrected chi connectivity index (χ3v) is 5.93. The van der Waals surface area contributed by atoms with Gasteiger partial charge in [-0.1, -0.05) is 37.3 Å². The van der Waals surface area contributed by atoms with E-state index in [4.69, 9.17) is 0 Å². The van der Waals surface area contributed by atoms with Gasteiger partial charge >= 0.3 is 6.03 Å². The molecule has 2 saturated heterocycles. The van der Waals surface area contributed by atoms with Crippen LogP contribution in [0.1, 0.15) is 18.5 Å². The van der Waals surface area contributed by atoms with Gasteiger partial charge in [0, 0.05) is 32.1 Å². The fraction of sp³-hybridized carbons (Fsp3) is 0.562. The molecule has 126 valence electrons. The van der Waals surface area contributed by atoms with Crippen molar-refractivity contribution in [3.05, 3.63) is 35.9 Å². The van der Waals surface area contributed by atoms with Gasteiger partial charge < -0.3 is 10.2 Å². The minimum atomic E-state index is -3.09. The van der Waals surface area contributed by atoms with Crippen molar-refractivity contribution in [2.24, 2.45) is 11.8 Å². The second-order valence-corrected chi connectivity index (χ2v) is 8.60. The Labute approximate surface area is 137 Å². The first-order valence-corrected chi connectivity index (χ1v) is 9.75. The van der Waals surface area contributed by atoms with Crippen LogP contribution in [0.2, 0.25) is 0 Å². The average Bonchev–Trinajstić information content (AvgIpc) is 2.42. The lowest BCUT2D eigenvalue weighted by atomic mass is 9.85. The molecule has 2 heterocycles. The Hall–Kier alpha value is -1.60. The fourth-order valence-electron chi connectivity index (χ4n) is 3.32. The Morgan fingerprint density at radius 1 is 1.22 bits per heavy atom. The lowest BCUT2D eigenvalue weighted by Gasteiger charge is -2.47. The summed E-state index contributed by atoms with van der Waals surface area (Å²) < 4.78 is 24.1. The zero-order chi connectivity index (χ0) is 16.6. The molecule has 0 radical (unpaired) electrons. The number of carbonyl (C=O) groups is 1. The third kappa shape index (κ3) is 3.35. The first kappa shape index (κ1) is 16.3. The highest BCUT2D eigenvalue weighted by molar-refractivity contribution is 7.88. The molecular weight excluding hydrogens is 314 g/mol. The number of rotatable bonds is 4. The smallest absolute Gasteiger partial charge is 0.317 e. The Morgan fingerprint density at radius 2 is 1.87 bits per heavy atom. The maximum absolute atomic E-state index is 12.4. The molecule has 2 atom stereocenters. The molecule has 6 nitrogen and oxygen atoms in total. The number of nitrogens with one attached hydrogen (secondary N) is 1. The Bertz CT molecular complexity index is 671. The van der Waals surface area contributed by atoms with Crippen molar-refractivity contribution < 1.29 is 13.2 Å². The number of likely N-dealkylation sites (tertiary alicyclic amines) is 1. The first-order valence-electron chi connectivity index (χ1n) is 7.91. The minimum Gasteiger partial charge on any atom is -0.338 e. The highest BCUT2D eigenvalue weighted by Gasteiger charge is 2.40. The summed E-state index contributed by atoms with van der Waals surface area (Å²) in [6, 6.07) is 10.1. The van der Waals surface area contributed by atoms with Crippen LogP contribution in [0, 0.1) is 11.8 Å². The molecule has 0 aliphatic carbocycles. The van der Waals surface area contributed by atoms with Crippen LogP contribution >= 0.6 is 0 Å². The van der Waals surface area contributed by atoms with Crippen LogP contribution in [0.4, 0.5) is 4.79 Å². The van der Waals surface area contributed by atoms with Crippen molar-refractivity contribution in [2.45, 2.75) is 13.0 Å². The fourth-order valence-corrected chi connectivity index (χ4v) is 4.28. The predicted octanol–water partition coefficient (Wildman–Crippen LogP) is 1.28. The van der Waals surface area contributed by atoms with E-state index in [9.17, 15) is 13.2 Å². The van der Waals surface area contributed by atoms with Crippen LogP contribution in [0.3, 0.4) is 0 Å². The number of nitrogens with zero attached hydrogens (tertiary/aromatic N) is 2. The molecule has 3 rings (SSSR count). The van der Waals surface area contributed by atoms with Gasteiger partial charge in [0.1, 0.15) is 0 Å². The molecule has 0 aromatic heterocycles. The van der Waals surface area contributed by atoms with Gasteiger partial charge in [-0.05, 0) is 11.5 Å². The lowest BCUT2D eigenvalue weighted by molar-refractivity contribution is 0.0574. The van der Waals surface area contributed by atoms with Crippen molar-refractivity contribution in [3.63, 3.8) is 0 Å². The Morgan fingerprint density at radius 3 is 2.43 bits per heavy atom. The molecule has 2 unspecified atom stereocenters. The van der Waals surface area contributed by atoms with Gasteiger partial charge in [-0.25, -0.2) is 17.5 Å². The Kier molecular flexibility index (Phi) is 4.33. The molecule has 7 heteroatoms. The zero-order valence-electron chi connectivity index (χ0n) is 13.5. The first-order chi connectivity index (χ1) is 10.9. The van der Waals surface area contributed by atoms with E-state index in [1.165, 1.54) is 10.6 Å². The lowest BCUT2D eigenvalue weighted by Crippen LogP contribution is -2.58. The molecule has 2 aliphatic rings. The molecule has 2 amide bonds. The van der Waals surface area contributed by atoms with Crippen molar-refractivity contribution in [2.75, 3.05) is 32.4 Å². The monoisotopic (exact) mass is 337 g/mol. The topological polar surface area (TPSA) is 69.7 Å². The van der Waals surface area contributed by atoms with Gasteiger partial charge in [0.15, 0.2) is 0 Å². The number of benzene rings is 1. The van der Waals surface area contributed by atoms with E-state index in [0.29, 0.717) is 25.6 Å². The average molecular weight is 337 g/mol. The largest absolute Gasteiger partial charge is 0.338 e. The summed E-state index contributed by atoms with van der Waals surface area (Å²) in [4.78, 5) is 14.2. The van der Waals surface area contributed by atoms with Crippen LogP contribution < -0.4 is 5.32 Å². The van der Waals surface area contributed by atoms with E-state index in [2.05, 4.69) is 24.4 Å². The standard InChI is InChI=1S/C16H23N3O3S/c1-12-9-19(15(12)14-6-4-3-5-7-14)16(20)17-8-13-10-18(11-13)23(2,21)22/h3-7,12-13,15H,8-11H2,1-2H3,(H,17,20). The van der Waals surface area contributed by atoms with Gasteiger partial charge in [-0.15, -0.1) is 0 Å². The SMILES string of the molecule is CC1CN(C(=O)NCC2CN(S(C)(=O)=O)C2)C1c1ccccc1. The van der Waals surface area contributed by atoms with Crippen LogP contribution in [0.5, 0.6) is 0 Å². The van der Waals surface area contributed by atoms with E-state index in [-0.39, 0.29) is 18.0 Å². The minimum absolute atomic E-state index is 0.0604. The molecule has 1 N–H and O–H groups in total. The molecule has 0 saturated carbocycles.